The molecule has 0 radical (unpaired) electrons. The first kappa shape index (κ1) is 22.3. The largest absolute Gasteiger partial charge is 0.384 e. The summed E-state index contributed by atoms with van der Waals surface area (Å²) in [7, 11) is 5.52. The summed E-state index contributed by atoms with van der Waals surface area (Å²) in [6.07, 6.45) is 3.80. The van der Waals surface area contributed by atoms with E-state index in [0.717, 1.165) is 16.8 Å². The van der Waals surface area contributed by atoms with Gasteiger partial charge in [0.1, 0.15) is 18.0 Å². The first-order valence-corrected chi connectivity index (χ1v) is 10.1. The summed E-state index contributed by atoms with van der Waals surface area (Å²) in [6, 6.07) is 8.13. The number of nitrogen functional groups attached to an aromatic ring is 1. The molecule has 1 amide bonds. The van der Waals surface area contributed by atoms with Crippen LogP contribution in [0.3, 0.4) is 0 Å². The van der Waals surface area contributed by atoms with Crippen molar-refractivity contribution in [1.82, 2.24) is 24.8 Å². The lowest BCUT2D eigenvalue weighted by Gasteiger charge is -2.20. The van der Waals surface area contributed by atoms with E-state index in [2.05, 4.69) is 15.0 Å². The summed E-state index contributed by atoms with van der Waals surface area (Å²) in [6.45, 7) is 3.20. The standard InChI is InChI=1S/C23H27FN6O/c1-5-19-21(16-7-9-20(25)26-13-16)22(28-14-27-19)15-6-8-17(18(24)12-15)23(31)30(4)11-10-29(2)3/h6-9,12-14H,5,10-11H2,1-4H3,(H2,25,26). The van der Waals surface area contributed by atoms with E-state index in [9.17, 15) is 9.18 Å². The number of aryl methyl sites for hydroxylation is 1. The zero-order valence-electron chi connectivity index (χ0n) is 18.3. The third kappa shape index (κ3) is 5.03. The van der Waals surface area contributed by atoms with Gasteiger partial charge in [-0.3, -0.25) is 4.79 Å². The van der Waals surface area contributed by atoms with Crippen LogP contribution in [0.1, 0.15) is 23.0 Å². The Labute approximate surface area is 181 Å². The number of amides is 1. The molecule has 8 heteroatoms. The van der Waals surface area contributed by atoms with Crippen molar-refractivity contribution in [2.45, 2.75) is 13.3 Å². The van der Waals surface area contributed by atoms with Crippen molar-refractivity contribution < 1.29 is 9.18 Å². The van der Waals surface area contributed by atoms with Crippen molar-refractivity contribution >= 4 is 11.7 Å². The molecule has 0 bridgehead atoms. The van der Waals surface area contributed by atoms with E-state index < -0.39 is 5.82 Å². The highest BCUT2D eigenvalue weighted by atomic mass is 19.1. The van der Waals surface area contributed by atoms with Gasteiger partial charge < -0.3 is 15.5 Å². The Morgan fingerprint density at radius 3 is 2.39 bits per heavy atom. The van der Waals surface area contributed by atoms with Crippen molar-refractivity contribution in [2.75, 3.05) is 40.0 Å². The molecule has 2 aromatic heterocycles. The molecular weight excluding hydrogens is 395 g/mol. The topological polar surface area (TPSA) is 88.2 Å². The van der Waals surface area contributed by atoms with E-state index in [1.807, 2.05) is 32.0 Å². The number of aromatic nitrogens is 3. The number of likely N-dealkylation sites (N-methyl/N-ethyl adjacent to an activating group) is 2. The fourth-order valence-electron chi connectivity index (χ4n) is 3.26. The van der Waals surface area contributed by atoms with Crippen LogP contribution in [0, 0.1) is 5.82 Å². The molecule has 0 atom stereocenters. The van der Waals surface area contributed by atoms with Gasteiger partial charge in [-0.2, -0.15) is 0 Å². The number of pyridine rings is 1. The second-order valence-electron chi connectivity index (χ2n) is 7.59. The van der Waals surface area contributed by atoms with Crippen LogP contribution in [0.5, 0.6) is 0 Å². The van der Waals surface area contributed by atoms with Crippen LogP contribution in [-0.2, 0) is 6.42 Å². The molecule has 0 unspecified atom stereocenters. The van der Waals surface area contributed by atoms with E-state index >= 15 is 0 Å². The molecule has 0 fully saturated rings. The monoisotopic (exact) mass is 422 g/mol. The first-order chi connectivity index (χ1) is 14.8. The smallest absolute Gasteiger partial charge is 0.256 e. The molecule has 2 heterocycles. The lowest BCUT2D eigenvalue weighted by atomic mass is 9.97. The predicted octanol–water partition coefficient (Wildman–Crippen LogP) is 3.12. The van der Waals surface area contributed by atoms with Gasteiger partial charge in [-0.1, -0.05) is 13.0 Å². The maximum absolute atomic E-state index is 15.0. The summed E-state index contributed by atoms with van der Waals surface area (Å²) in [5.41, 5.74) is 9.29. The van der Waals surface area contributed by atoms with E-state index in [1.165, 1.54) is 23.4 Å². The molecule has 3 aromatic rings. The fraction of sp³-hybridized carbons (Fsp3) is 0.304. The van der Waals surface area contributed by atoms with Gasteiger partial charge in [0.05, 0.1) is 17.0 Å². The van der Waals surface area contributed by atoms with Crippen molar-refractivity contribution in [3.63, 3.8) is 0 Å². The van der Waals surface area contributed by atoms with Crippen molar-refractivity contribution in [2.24, 2.45) is 0 Å². The molecule has 0 spiro atoms. The third-order valence-electron chi connectivity index (χ3n) is 5.04. The van der Waals surface area contributed by atoms with E-state index in [0.29, 0.717) is 36.6 Å². The summed E-state index contributed by atoms with van der Waals surface area (Å²) in [5, 5.41) is 0. The number of benzene rings is 1. The average molecular weight is 423 g/mol. The van der Waals surface area contributed by atoms with Gasteiger partial charge in [0.25, 0.3) is 5.91 Å². The molecule has 0 aliphatic heterocycles. The van der Waals surface area contributed by atoms with Crippen LogP contribution in [0.2, 0.25) is 0 Å². The second-order valence-corrected chi connectivity index (χ2v) is 7.59. The molecule has 0 aliphatic carbocycles. The van der Waals surface area contributed by atoms with E-state index in [-0.39, 0.29) is 11.5 Å². The van der Waals surface area contributed by atoms with Crippen molar-refractivity contribution in [3.8, 4) is 22.4 Å². The Morgan fingerprint density at radius 2 is 1.77 bits per heavy atom. The van der Waals surface area contributed by atoms with Crippen LogP contribution < -0.4 is 5.73 Å². The van der Waals surface area contributed by atoms with Gasteiger partial charge in [0.2, 0.25) is 0 Å². The molecular formula is C23H27FN6O. The Kier molecular flexibility index (Phi) is 6.91. The van der Waals surface area contributed by atoms with Gasteiger partial charge in [-0.05, 0) is 44.8 Å². The number of carbonyl (C=O) groups is 1. The van der Waals surface area contributed by atoms with E-state index in [4.69, 9.17) is 5.73 Å². The summed E-state index contributed by atoms with van der Waals surface area (Å²) >= 11 is 0. The highest BCUT2D eigenvalue weighted by Gasteiger charge is 2.20. The SMILES string of the molecule is CCc1ncnc(-c2ccc(C(=O)N(C)CCN(C)C)c(F)c2)c1-c1ccc(N)nc1. The molecule has 162 valence electrons. The van der Waals surface area contributed by atoms with E-state index in [1.54, 1.807) is 25.4 Å². The molecule has 3 rings (SSSR count). The number of hydrogen-bond donors (Lipinski definition) is 1. The normalized spacial score (nSPS) is 11.0. The number of rotatable bonds is 7. The lowest BCUT2D eigenvalue weighted by Crippen LogP contribution is -2.33. The maximum atomic E-state index is 15.0. The van der Waals surface area contributed by atoms with Crippen molar-refractivity contribution in [1.29, 1.82) is 0 Å². The van der Waals surface area contributed by atoms with Crippen LogP contribution in [-0.4, -0.2) is 64.9 Å². The number of anilines is 1. The zero-order valence-corrected chi connectivity index (χ0v) is 18.3. The number of nitrogens with two attached hydrogens (primary N) is 1. The minimum atomic E-state index is -0.586. The summed E-state index contributed by atoms with van der Waals surface area (Å²) < 4.78 is 15.0. The molecule has 0 aliphatic rings. The molecule has 31 heavy (non-hydrogen) atoms. The van der Waals surface area contributed by atoms with Gasteiger partial charge in [0.15, 0.2) is 0 Å². The summed E-state index contributed by atoms with van der Waals surface area (Å²) in [5.74, 6) is -0.532. The average Bonchev–Trinajstić information content (AvgIpc) is 2.77. The van der Waals surface area contributed by atoms with Gasteiger partial charge >= 0.3 is 0 Å². The maximum Gasteiger partial charge on any atom is 0.256 e. The second kappa shape index (κ2) is 9.61. The minimum absolute atomic E-state index is 0.0329. The highest BCUT2D eigenvalue weighted by molar-refractivity contribution is 5.95. The number of hydrogen-bond acceptors (Lipinski definition) is 6. The van der Waals surface area contributed by atoms with Gasteiger partial charge in [-0.25, -0.2) is 19.3 Å². The predicted molar refractivity (Wildman–Crippen MR) is 120 cm³/mol. The number of nitrogens with zero attached hydrogens (tertiary/aromatic N) is 5. The van der Waals surface area contributed by atoms with Crippen LogP contribution in [0.15, 0.2) is 42.9 Å². The molecule has 1 aromatic carbocycles. The van der Waals surface area contributed by atoms with Gasteiger partial charge in [0, 0.05) is 43.0 Å². The first-order valence-electron chi connectivity index (χ1n) is 10.1. The lowest BCUT2D eigenvalue weighted by molar-refractivity contribution is 0.0781. The quantitative estimate of drug-likeness (QED) is 0.629. The van der Waals surface area contributed by atoms with Crippen LogP contribution in [0.25, 0.3) is 22.4 Å². The number of halogens is 1. The summed E-state index contributed by atoms with van der Waals surface area (Å²) in [4.78, 5) is 29.1. The van der Waals surface area contributed by atoms with Gasteiger partial charge in [-0.15, -0.1) is 0 Å². The molecule has 2 N–H and O–H groups in total. The van der Waals surface area contributed by atoms with Crippen molar-refractivity contribution in [3.05, 3.63) is 59.9 Å². The molecule has 0 saturated carbocycles. The Hall–Kier alpha value is -3.39. The minimum Gasteiger partial charge on any atom is -0.384 e. The third-order valence-corrected chi connectivity index (χ3v) is 5.04. The molecule has 0 saturated heterocycles. The zero-order chi connectivity index (χ0) is 22.5. The van der Waals surface area contributed by atoms with Crippen LogP contribution >= 0.6 is 0 Å². The fourth-order valence-corrected chi connectivity index (χ4v) is 3.26. The highest BCUT2D eigenvalue weighted by Crippen LogP contribution is 2.33. The molecule has 7 nitrogen and oxygen atoms in total. The Morgan fingerprint density at radius 1 is 1.03 bits per heavy atom. The Balaban J connectivity index is 2.00. The number of carbonyl (C=O) groups excluding carboxylic acids is 1. The van der Waals surface area contributed by atoms with Crippen LogP contribution in [0.4, 0.5) is 10.2 Å². The Bertz CT molecular complexity index is 1070.